The van der Waals surface area contributed by atoms with Crippen LogP contribution in [0.2, 0.25) is 0 Å². The second kappa shape index (κ2) is 7.47. The zero-order chi connectivity index (χ0) is 16.1. The van der Waals surface area contributed by atoms with Crippen LogP contribution in [0.1, 0.15) is 59.8 Å². The summed E-state index contributed by atoms with van der Waals surface area (Å²) in [7, 11) is -3.16. The van der Waals surface area contributed by atoms with Gasteiger partial charge in [0.2, 0.25) is 0 Å². The van der Waals surface area contributed by atoms with E-state index in [9.17, 15) is 13.2 Å². The number of sulfone groups is 1. The van der Waals surface area contributed by atoms with Gasteiger partial charge in [0.25, 0.3) is 0 Å². The van der Waals surface area contributed by atoms with Crippen molar-refractivity contribution in [2.75, 3.05) is 11.5 Å². The van der Waals surface area contributed by atoms with E-state index in [1.54, 1.807) is 0 Å². The van der Waals surface area contributed by atoms with Crippen molar-refractivity contribution in [3.05, 3.63) is 0 Å². The van der Waals surface area contributed by atoms with E-state index in [0.29, 0.717) is 0 Å². The fourth-order valence-corrected chi connectivity index (χ4v) is 5.40. The Kier molecular flexibility index (Phi) is 6.50. The SMILES string of the molecule is CC(C)CS(=O)(=O)CC1(NC(=O)NC(C)C)CCCCC1. The van der Waals surface area contributed by atoms with Gasteiger partial charge in [-0.2, -0.15) is 0 Å². The first-order valence-electron chi connectivity index (χ1n) is 7.93. The van der Waals surface area contributed by atoms with E-state index in [4.69, 9.17) is 0 Å². The molecule has 124 valence electrons. The maximum atomic E-state index is 12.3. The minimum absolute atomic E-state index is 0.0397. The molecule has 1 fully saturated rings. The van der Waals surface area contributed by atoms with Gasteiger partial charge in [-0.25, -0.2) is 13.2 Å². The molecule has 6 heteroatoms. The fourth-order valence-electron chi connectivity index (χ4n) is 3.06. The van der Waals surface area contributed by atoms with Crippen LogP contribution in [-0.2, 0) is 9.84 Å². The largest absolute Gasteiger partial charge is 0.336 e. The number of urea groups is 1. The molecule has 0 atom stereocenters. The van der Waals surface area contributed by atoms with Crippen LogP contribution >= 0.6 is 0 Å². The van der Waals surface area contributed by atoms with E-state index >= 15 is 0 Å². The summed E-state index contributed by atoms with van der Waals surface area (Å²) < 4.78 is 24.7. The van der Waals surface area contributed by atoms with Gasteiger partial charge in [0, 0.05) is 6.04 Å². The van der Waals surface area contributed by atoms with Crippen molar-refractivity contribution in [2.45, 2.75) is 71.4 Å². The molecule has 1 rings (SSSR count). The van der Waals surface area contributed by atoms with Gasteiger partial charge in [0.1, 0.15) is 0 Å². The quantitative estimate of drug-likeness (QED) is 0.790. The molecule has 1 aliphatic carbocycles. The van der Waals surface area contributed by atoms with Crippen molar-refractivity contribution < 1.29 is 13.2 Å². The molecular formula is C15H30N2O3S. The van der Waals surface area contributed by atoms with Gasteiger partial charge in [-0.05, 0) is 32.6 Å². The Labute approximate surface area is 129 Å². The van der Waals surface area contributed by atoms with Crippen LogP contribution in [0.3, 0.4) is 0 Å². The Morgan fingerprint density at radius 3 is 2.14 bits per heavy atom. The smallest absolute Gasteiger partial charge is 0.315 e. The average molecular weight is 318 g/mol. The molecule has 0 radical (unpaired) electrons. The number of hydrogen-bond acceptors (Lipinski definition) is 3. The highest BCUT2D eigenvalue weighted by atomic mass is 32.2. The van der Waals surface area contributed by atoms with Crippen molar-refractivity contribution in [1.29, 1.82) is 0 Å². The van der Waals surface area contributed by atoms with E-state index in [1.165, 1.54) is 0 Å². The van der Waals surface area contributed by atoms with Gasteiger partial charge in [0.15, 0.2) is 9.84 Å². The van der Waals surface area contributed by atoms with E-state index in [2.05, 4.69) is 10.6 Å². The van der Waals surface area contributed by atoms with Crippen LogP contribution in [-0.4, -0.2) is 37.5 Å². The summed E-state index contributed by atoms with van der Waals surface area (Å²) in [5.41, 5.74) is -0.592. The molecule has 21 heavy (non-hydrogen) atoms. The maximum Gasteiger partial charge on any atom is 0.315 e. The zero-order valence-corrected chi connectivity index (χ0v) is 14.6. The number of carbonyl (C=O) groups is 1. The second-order valence-electron chi connectivity index (χ2n) is 7.04. The van der Waals surface area contributed by atoms with Crippen molar-refractivity contribution in [3.8, 4) is 0 Å². The predicted molar refractivity (Wildman–Crippen MR) is 86.1 cm³/mol. The topological polar surface area (TPSA) is 75.3 Å². The first-order valence-corrected chi connectivity index (χ1v) is 9.75. The lowest BCUT2D eigenvalue weighted by molar-refractivity contribution is 0.210. The van der Waals surface area contributed by atoms with Gasteiger partial charge in [-0.3, -0.25) is 0 Å². The molecule has 0 spiro atoms. The first-order chi connectivity index (χ1) is 9.64. The Morgan fingerprint density at radius 2 is 1.67 bits per heavy atom. The highest BCUT2D eigenvalue weighted by molar-refractivity contribution is 7.91. The van der Waals surface area contributed by atoms with Crippen LogP contribution in [0.5, 0.6) is 0 Å². The molecule has 0 aliphatic heterocycles. The summed E-state index contributed by atoms with van der Waals surface area (Å²) in [5, 5.41) is 5.76. The highest BCUT2D eigenvalue weighted by Gasteiger charge is 2.38. The molecule has 0 unspecified atom stereocenters. The number of hydrogen-bond donors (Lipinski definition) is 2. The van der Waals surface area contributed by atoms with Gasteiger partial charge < -0.3 is 10.6 Å². The van der Waals surface area contributed by atoms with Gasteiger partial charge in [-0.15, -0.1) is 0 Å². The lowest BCUT2D eigenvalue weighted by Crippen LogP contribution is -2.57. The second-order valence-corrected chi connectivity index (χ2v) is 9.15. The third kappa shape index (κ3) is 6.68. The van der Waals surface area contributed by atoms with Crippen LogP contribution in [0.15, 0.2) is 0 Å². The standard InChI is InChI=1S/C15H30N2O3S/c1-12(2)10-21(19,20)11-15(8-6-5-7-9-15)17-14(18)16-13(3)4/h12-13H,5-11H2,1-4H3,(H2,16,17,18). The molecule has 0 aromatic carbocycles. The van der Waals surface area contributed by atoms with E-state index < -0.39 is 15.4 Å². The van der Waals surface area contributed by atoms with Crippen LogP contribution < -0.4 is 10.6 Å². The third-order valence-electron chi connectivity index (χ3n) is 3.69. The van der Waals surface area contributed by atoms with Crippen molar-refractivity contribution >= 4 is 15.9 Å². The molecule has 0 aromatic heterocycles. The van der Waals surface area contributed by atoms with Gasteiger partial charge in [0.05, 0.1) is 17.0 Å². The molecule has 0 saturated heterocycles. The average Bonchev–Trinajstić information content (AvgIpc) is 2.24. The minimum atomic E-state index is -3.16. The van der Waals surface area contributed by atoms with Crippen LogP contribution in [0.25, 0.3) is 0 Å². The lowest BCUT2D eigenvalue weighted by atomic mass is 9.83. The van der Waals surface area contributed by atoms with Crippen LogP contribution in [0.4, 0.5) is 4.79 Å². The minimum Gasteiger partial charge on any atom is -0.336 e. The molecule has 2 amide bonds. The summed E-state index contributed by atoms with van der Waals surface area (Å²) in [6, 6.07) is -0.218. The fraction of sp³-hybridized carbons (Fsp3) is 0.933. The summed E-state index contributed by atoms with van der Waals surface area (Å²) in [4.78, 5) is 12.0. The number of rotatable bonds is 6. The number of nitrogens with one attached hydrogen (secondary N) is 2. The van der Waals surface area contributed by atoms with E-state index in [-0.39, 0.29) is 29.5 Å². The Morgan fingerprint density at radius 1 is 1.10 bits per heavy atom. The molecular weight excluding hydrogens is 288 g/mol. The summed E-state index contributed by atoms with van der Waals surface area (Å²) in [6.07, 6.45) is 4.55. The molecule has 1 saturated carbocycles. The highest BCUT2D eigenvalue weighted by Crippen LogP contribution is 2.30. The van der Waals surface area contributed by atoms with Gasteiger partial charge in [-0.1, -0.05) is 33.1 Å². The first kappa shape index (κ1) is 18.3. The van der Waals surface area contributed by atoms with E-state index in [0.717, 1.165) is 32.1 Å². The van der Waals surface area contributed by atoms with Crippen molar-refractivity contribution in [2.24, 2.45) is 5.92 Å². The van der Waals surface area contributed by atoms with Gasteiger partial charge >= 0.3 is 6.03 Å². The maximum absolute atomic E-state index is 12.3. The monoisotopic (exact) mass is 318 g/mol. The zero-order valence-electron chi connectivity index (χ0n) is 13.7. The summed E-state index contributed by atoms with van der Waals surface area (Å²) in [6.45, 7) is 7.60. The summed E-state index contributed by atoms with van der Waals surface area (Å²) >= 11 is 0. The van der Waals surface area contributed by atoms with Crippen LogP contribution in [0, 0.1) is 5.92 Å². The number of amides is 2. The molecule has 1 aliphatic rings. The van der Waals surface area contributed by atoms with Crippen molar-refractivity contribution in [1.82, 2.24) is 10.6 Å². The Bertz CT molecular complexity index is 438. The molecule has 0 bridgehead atoms. The Hall–Kier alpha value is -0.780. The molecule has 2 N–H and O–H groups in total. The Balaban J connectivity index is 2.81. The van der Waals surface area contributed by atoms with E-state index in [1.807, 2.05) is 27.7 Å². The summed E-state index contributed by atoms with van der Waals surface area (Å²) in [5.74, 6) is 0.353. The predicted octanol–water partition coefficient (Wildman–Crippen LogP) is 2.47. The molecule has 0 heterocycles. The van der Waals surface area contributed by atoms with Crippen molar-refractivity contribution in [3.63, 3.8) is 0 Å². The number of carbonyl (C=O) groups excluding carboxylic acids is 1. The molecule has 5 nitrogen and oxygen atoms in total. The molecule has 0 aromatic rings. The normalized spacial score (nSPS) is 18.8. The third-order valence-corrected chi connectivity index (χ3v) is 5.86. The lowest BCUT2D eigenvalue weighted by Gasteiger charge is -2.38.